The van der Waals surface area contributed by atoms with Crippen molar-refractivity contribution >= 4 is 15.9 Å². The van der Waals surface area contributed by atoms with Crippen molar-refractivity contribution in [1.82, 2.24) is 9.78 Å². The minimum atomic E-state index is -1.01. The molecule has 1 unspecified atom stereocenters. The lowest BCUT2D eigenvalue weighted by Crippen LogP contribution is -2.22. The first-order valence-corrected chi connectivity index (χ1v) is 6.84. The number of aryl methyl sites for hydroxylation is 1. The van der Waals surface area contributed by atoms with E-state index in [2.05, 4.69) is 28.0 Å². The van der Waals surface area contributed by atoms with Crippen molar-refractivity contribution in [1.29, 1.82) is 0 Å². The van der Waals surface area contributed by atoms with Crippen LogP contribution in [0.15, 0.2) is 41.1 Å². The van der Waals surface area contributed by atoms with E-state index in [0.29, 0.717) is 0 Å². The summed E-state index contributed by atoms with van der Waals surface area (Å²) in [5.41, 5.74) is 0.673. The summed E-state index contributed by atoms with van der Waals surface area (Å²) in [5.74, 6) is 0. The van der Waals surface area contributed by atoms with Crippen molar-refractivity contribution in [2.75, 3.05) is 0 Å². The Morgan fingerprint density at radius 1 is 1.28 bits per heavy atom. The zero-order chi connectivity index (χ0) is 13.2. The summed E-state index contributed by atoms with van der Waals surface area (Å²) in [7, 11) is 0. The summed E-state index contributed by atoms with van der Waals surface area (Å²) in [4.78, 5) is 0. The maximum absolute atomic E-state index is 10.7. The van der Waals surface area contributed by atoms with Crippen molar-refractivity contribution in [2.45, 2.75) is 32.4 Å². The van der Waals surface area contributed by atoms with Crippen LogP contribution < -0.4 is 0 Å². The monoisotopic (exact) mass is 308 g/mol. The lowest BCUT2D eigenvalue weighted by Gasteiger charge is -2.22. The molecule has 0 amide bonds. The molecule has 0 aliphatic rings. The minimum Gasteiger partial charge on any atom is -0.381 e. The molecule has 0 aliphatic heterocycles. The maximum Gasteiger partial charge on any atom is 0.115 e. The van der Waals surface area contributed by atoms with Crippen LogP contribution in [0.2, 0.25) is 0 Å². The number of nitrogens with zero attached hydrogens (tertiary/aromatic N) is 2. The van der Waals surface area contributed by atoms with Gasteiger partial charge in [0.15, 0.2) is 0 Å². The van der Waals surface area contributed by atoms with E-state index in [4.69, 9.17) is 0 Å². The molecule has 2 aromatic rings. The maximum atomic E-state index is 10.7. The Balaban J connectivity index is 2.31. The third kappa shape index (κ3) is 2.65. The number of aromatic nitrogens is 2. The molecule has 1 aromatic carbocycles. The highest BCUT2D eigenvalue weighted by Gasteiger charge is 2.27. The molecule has 3 nitrogen and oxygen atoms in total. The summed E-state index contributed by atoms with van der Waals surface area (Å²) in [6.45, 7) is 4.77. The van der Waals surface area contributed by atoms with E-state index < -0.39 is 5.60 Å². The van der Waals surface area contributed by atoms with Gasteiger partial charge in [-0.15, -0.1) is 0 Å². The van der Waals surface area contributed by atoms with Gasteiger partial charge in [-0.1, -0.05) is 35.0 Å². The molecular weight excluding hydrogens is 292 g/mol. The van der Waals surface area contributed by atoms with Crippen molar-refractivity contribution in [3.8, 4) is 0 Å². The predicted molar refractivity (Wildman–Crippen MR) is 75.3 cm³/mol. The predicted octanol–water partition coefficient (Wildman–Crippen LogP) is 3.31. The first kappa shape index (κ1) is 13.3. The highest BCUT2D eigenvalue weighted by Crippen LogP contribution is 2.29. The molecule has 96 valence electrons. The third-order valence-corrected chi connectivity index (χ3v) is 3.58. The van der Waals surface area contributed by atoms with Crippen LogP contribution in [0, 0.1) is 0 Å². The van der Waals surface area contributed by atoms with Crippen LogP contribution in [0.5, 0.6) is 0 Å². The Bertz CT molecular complexity index is 517. The van der Waals surface area contributed by atoms with Gasteiger partial charge in [0.05, 0.1) is 6.20 Å². The Labute approximate surface area is 116 Å². The fourth-order valence-electron chi connectivity index (χ4n) is 1.91. The second kappa shape index (κ2) is 5.24. The van der Waals surface area contributed by atoms with Crippen molar-refractivity contribution in [3.63, 3.8) is 0 Å². The highest BCUT2D eigenvalue weighted by molar-refractivity contribution is 9.10. The summed E-state index contributed by atoms with van der Waals surface area (Å²) < 4.78 is 2.87. The van der Waals surface area contributed by atoms with E-state index in [0.717, 1.165) is 28.6 Å². The van der Waals surface area contributed by atoms with Gasteiger partial charge < -0.3 is 5.11 Å². The Morgan fingerprint density at radius 2 is 1.94 bits per heavy atom. The fourth-order valence-corrected chi connectivity index (χ4v) is 2.17. The van der Waals surface area contributed by atoms with Gasteiger partial charge in [0, 0.05) is 22.8 Å². The number of rotatable bonds is 4. The van der Waals surface area contributed by atoms with Gasteiger partial charge in [-0.3, -0.25) is 4.68 Å². The topological polar surface area (TPSA) is 38.0 Å². The summed E-state index contributed by atoms with van der Waals surface area (Å²) in [6, 6.07) is 7.70. The Hall–Kier alpha value is -1.13. The molecule has 1 N–H and O–H groups in total. The normalized spacial score (nSPS) is 14.4. The summed E-state index contributed by atoms with van der Waals surface area (Å²) in [5, 5.41) is 14.9. The van der Waals surface area contributed by atoms with Gasteiger partial charge >= 0.3 is 0 Å². The smallest absolute Gasteiger partial charge is 0.115 e. The molecule has 0 fully saturated rings. The first-order chi connectivity index (χ1) is 8.54. The van der Waals surface area contributed by atoms with Gasteiger partial charge in [0.25, 0.3) is 0 Å². The van der Waals surface area contributed by atoms with E-state index >= 15 is 0 Å². The summed E-state index contributed by atoms with van der Waals surface area (Å²) >= 11 is 3.39. The lowest BCUT2D eigenvalue weighted by molar-refractivity contribution is 0.102. The average molecular weight is 309 g/mol. The Morgan fingerprint density at radius 3 is 2.56 bits per heavy atom. The number of halogens is 1. The highest BCUT2D eigenvalue weighted by atomic mass is 79.9. The lowest BCUT2D eigenvalue weighted by atomic mass is 9.90. The van der Waals surface area contributed by atoms with E-state index in [9.17, 15) is 5.11 Å². The molecule has 18 heavy (non-hydrogen) atoms. The van der Waals surface area contributed by atoms with Crippen LogP contribution in [0.4, 0.5) is 0 Å². The molecule has 0 radical (unpaired) electrons. The molecule has 2 rings (SSSR count). The van der Waals surface area contributed by atoms with Crippen molar-refractivity contribution in [3.05, 3.63) is 52.3 Å². The van der Waals surface area contributed by atoms with Crippen molar-refractivity contribution in [2.24, 2.45) is 0 Å². The number of aliphatic hydroxyl groups is 1. The summed E-state index contributed by atoms with van der Waals surface area (Å²) in [6.07, 6.45) is 4.67. The quantitative estimate of drug-likeness (QED) is 0.941. The van der Waals surface area contributed by atoms with E-state index in [1.54, 1.807) is 13.1 Å². The molecular formula is C14H17BrN2O. The van der Waals surface area contributed by atoms with E-state index in [1.807, 2.05) is 35.1 Å². The van der Waals surface area contributed by atoms with Crippen LogP contribution in [0.25, 0.3) is 0 Å². The molecule has 1 atom stereocenters. The van der Waals surface area contributed by atoms with Crippen LogP contribution >= 0.6 is 15.9 Å². The van der Waals surface area contributed by atoms with Gasteiger partial charge in [0.1, 0.15) is 5.60 Å². The van der Waals surface area contributed by atoms with E-state index in [-0.39, 0.29) is 0 Å². The molecule has 0 aliphatic carbocycles. The second-order valence-corrected chi connectivity index (χ2v) is 5.49. The van der Waals surface area contributed by atoms with Crippen LogP contribution in [-0.4, -0.2) is 14.9 Å². The van der Waals surface area contributed by atoms with Crippen LogP contribution in [0.3, 0.4) is 0 Å². The Kier molecular flexibility index (Phi) is 3.88. The van der Waals surface area contributed by atoms with Crippen molar-refractivity contribution < 1.29 is 5.11 Å². The average Bonchev–Trinajstić information content (AvgIpc) is 2.79. The standard InChI is InChI=1S/C14H17BrN2O/c1-3-8-17-10-12(9-16-17)14(2,18)11-4-6-13(15)7-5-11/h4-7,9-10,18H,3,8H2,1-2H3. The van der Waals surface area contributed by atoms with Gasteiger partial charge in [0.2, 0.25) is 0 Å². The zero-order valence-electron chi connectivity index (χ0n) is 10.6. The SMILES string of the molecule is CCCn1cc(C(C)(O)c2ccc(Br)cc2)cn1. The van der Waals surface area contributed by atoms with E-state index in [1.165, 1.54) is 0 Å². The second-order valence-electron chi connectivity index (χ2n) is 4.57. The molecule has 1 aromatic heterocycles. The number of hydrogen-bond donors (Lipinski definition) is 1. The molecule has 1 heterocycles. The largest absolute Gasteiger partial charge is 0.381 e. The minimum absolute atomic E-state index is 0.818. The molecule has 0 spiro atoms. The number of hydrogen-bond acceptors (Lipinski definition) is 2. The molecule has 0 bridgehead atoms. The van der Waals surface area contributed by atoms with Gasteiger partial charge in [-0.25, -0.2) is 0 Å². The molecule has 0 saturated heterocycles. The molecule has 0 saturated carbocycles. The zero-order valence-corrected chi connectivity index (χ0v) is 12.2. The number of benzene rings is 1. The first-order valence-electron chi connectivity index (χ1n) is 6.05. The third-order valence-electron chi connectivity index (χ3n) is 3.05. The fraction of sp³-hybridized carbons (Fsp3) is 0.357. The van der Waals surface area contributed by atoms with Crippen LogP contribution in [-0.2, 0) is 12.1 Å². The van der Waals surface area contributed by atoms with Gasteiger partial charge in [-0.05, 0) is 31.0 Å². The van der Waals surface area contributed by atoms with Crippen LogP contribution in [0.1, 0.15) is 31.4 Å². The van der Waals surface area contributed by atoms with Gasteiger partial charge in [-0.2, -0.15) is 5.10 Å². The molecule has 4 heteroatoms.